The number of aromatic nitrogens is 2. The molecule has 0 fully saturated rings. The minimum Gasteiger partial charge on any atom is -0.365 e. The molecule has 0 atom stereocenters. The number of benzene rings is 1. The third-order valence-corrected chi connectivity index (χ3v) is 3.57. The lowest BCUT2D eigenvalue weighted by Gasteiger charge is -2.16. The molecule has 0 radical (unpaired) electrons. The Labute approximate surface area is 126 Å². The summed E-state index contributed by atoms with van der Waals surface area (Å²) in [4.78, 5) is 18.7. The van der Waals surface area contributed by atoms with Crippen LogP contribution in [0.3, 0.4) is 0 Å². The molecule has 0 unspecified atom stereocenters. The van der Waals surface area contributed by atoms with Gasteiger partial charge in [-0.25, -0.2) is 5.12 Å². The van der Waals surface area contributed by atoms with Gasteiger partial charge in [0.15, 0.2) is 0 Å². The van der Waals surface area contributed by atoms with Gasteiger partial charge < -0.3 is 10.7 Å². The number of nitrogens with zero attached hydrogens (tertiary/aromatic N) is 2. The molecule has 6 heteroatoms. The molecule has 0 saturated carbocycles. The Balaban J connectivity index is 2.18. The van der Waals surface area contributed by atoms with Crippen LogP contribution in [-0.2, 0) is 0 Å². The maximum atomic E-state index is 14.2. The summed E-state index contributed by atoms with van der Waals surface area (Å²) in [5.41, 5.74) is 7.61. The SMILES string of the molecule is CC(C)CN(F)c1ccc2[nH]c3c(C(N)=O)cncc3c2c1. The number of amides is 1. The topological polar surface area (TPSA) is 75.0 Å². The quantitative estimate of drug-likeness (QED) is 0.727. The van der Waals surface area contributed by atoms with Crippen molar-refractivity contribution in [2.75, 3.05) is 11.7 Å². The Kier molecular flexibility index (Phi) is 3.44. The van der Waals surface area contributed by atoms with Crippen LogP contribution in [0.4, 0.5) is 10.2 Å². The molecule has 1 aromatic carbocycles. The van der Waals surface area contributed by atoms with Crippen LogP contribution in [0.2, 0.25) is 0 Å². The zero-order valence-corrected chi connectivity index (χ0v) is 12.4. The van der Waals surface area contributed by atoms with Crippen LogP contribution < -0.4 is 10.9 Å². The highest BCUT2D eigenvalue weighted by Crippen LogP contribution is 2.30. The fraction of sp³-hybridized carbons (Fsp3) is 0.250. The first-order chi connectivity index (χ1) is 10.5. The van der Waals surface area contributed by atoms with Crippen LogP contribution in [-0.4, -0.2) is 22.4 Å². The van der Waals surface area contributed by atoms with Gasteiger partial charge in [0.05, 0.1) is 23.3 Å². The van der Waals surface area contributed by atoms with Crippen molar-refractivity contribution in [3.8, 4) is 0 Å². The van der Waals surface area contributed by atoms with Gasteiger partial charge in [0.25, 0.3) is 5.91 Å². The molecular weight excluding hydrogens is 283 g/mol. The third kappa shape index (κ3) is 2.36. The molecule has 5 nitrogen and oxygen atoms in total. The van der Waals surface area contributed by atoms with Gasteiger partial charge in [-0.3, -0.25) is 9.78 Å². The minimum atomic E-state index is -0.545. The molecule has 0 spiro atoms. The van der Waals surface area contributed by atoms with Gasteiger partial charge in [-0.15, -0.1) is 0 Å². The molecule has 2 aromatic heterocycles. The van der Waals surface area contributed by atoms with E-state index in [0.29, 0.717) is 23.3 Å². The number of nitrogens with two attached hydrogens (primary N) is 1. The second-order valence-electron chi connectivity index (χ2n) is 5.77. The van der Waals surface area contributed by atoms with Crippen molar-refractivity contribution in [3.05, 3.63) is 36.2 Å². The number of primary amides is 1. The lowest BCUT2D eigenvalue weighted by atomic mass is 10.1. The van der Waals surface area contributed by atoms with Gasteiger partial charge in [0, 0.05) is 28.7 Å². The monoisotopic (exact) mass is 300 g/mol. The average molecular weight is 300 g/mol. The van der Waals surface area contributed by atoms with Crippen LogP contribution in [0.15, 0.2) is 30.6 Å². The zero-order chi connectivity index (χ0) is 15.9. The lowest BCUT2D eigenvalue weighted by molar-refractivity contribution is 0.100. The van der Waals surface area contributed by atoms with Crippen LogP contribution in [0.1, 0.15) is 24.2 Å². The summed E-state index contributed by atoms with van der Waals surface area (Å²) in [5, 5.41) is 2.30. The van der Waals surface area contributed by atoms with Crippen LogP contribution in [0.25, 0.3) is 21.8 Å². The summed E-state index contributed by atoms with van der Waals surface area (Å²) >= 11 is 0. The molecule has 3 N–H and O–H groups in total. The normalized spacial score (nSPS) is 11.5. The van der Waals surface area contributed by atoms with E-state index in [-0.39, 0.29) is 5.92 Å². The molecule has 0 aliphatic rings. The van der Waals surface area contributed by atoms with Crippen molar-refractivity contribution in [1.29, 1.82) is 0 Å². The van der Waals surface area contributed by atoms with Gasteiger partial charge in [-0.05, 0) is 24.1 Å². The van der Waals surface area contributed by atoms with Crippen molar-refractivity contribution in [2.45, 2.75) is 13.8 Å². The maximum absolute atomic E-state index is 14.2. The number of carbonyl (C=O) groups is 1. The van der Waals surface area contributed by atoms with Crippen molar-refractivity contribution < 1.29 is 9.28 Å². The van der Waals surface area contributed by atoms with E-state index in [0.717, 1.165) is 21.4 Å². The van der Waals surface area contributed by atoms with Gasteiger partial charge in [0.2, 0.25) is 0 Å². The Morgan fingerprint density at radius 3 is 2.82 bits per heavy atom. The number of anilines is 1. The number of hydrogen-bond donors (Lipinski definition) is 2. The van der Waals surface area contributed by atoms with Gasteiger partial charge in [-0.1, -0.05) is 18.3 Å². The highest BCUT2D eigenvalue weighted by Gasteiger charge is 2.14. The summed E-state index contributed by atoms with van der Waals surface area (Å²) in [6, 6.07) is 5.25. The average Bonchev–Trinajstić information content (AvgIpc) is 2.83. The third-order valence-electron chi connectivity index (χ3n) is 3.57. The molecule has 0 aliphatic carbocycles. The lowest BCUT2D eigenvalue weighted by Crippen LogP contribution is -2.17. The van der Waals surface area contributed by atoms with E-state index in [1.165, 1.54) is 6.20 Å². The number of aromatic amines is 1. The highest BCUT2D eigenvalue weighted by molar-refractivity contribution is 6.14. The first kappa shape index (κ1) is 14.3. The molecule has 2 heterocycles. The Morgan fingerprint density at radius 1 is 1.36 bits per heavy atom. The molecule has 0 saturated heterocycles. The number of halogens is 1. The van der Waals surface area contributed by atoms with Crippen molar-refractivity contribution in [1.82, 2.24) is 9.97 Å². The maximum Gasteiger partial charge on any atom is 0.252 e. The van der Waals surface area contributed by atoms with Crippen LogP contribution in [0, 0.1) is 5.92 Å². The number of hydrogen-bond acceptors (Lipinski definition) is 3. The fourth-order valence-corrected chi connectivity index (χ4v) is 2.56. The summed E-state index contributed by atoms with van der Waals surface area (Å²) in [6.07, 6.45) is 3.08. The van der Waals surface area contributed by atoms with E-state index in [4.69, 9.17) is 5.73 Å². The largest absolute Gasteiger partial charge is 0.365 e. The zero-order valence-electron chi connectivity index (χ0n) is 12.4. The molecule has 1 amide bonds. The molecule has 114 valence electrons. The highest BCUT2D eigenvalue weighted by atomic mass is 19.2. The number of nitrogens with one attached hydrogen (secondary N) is 1. The summed E-state index contributed by atoms with van der Waals surface area (Å²) in [7, 11) is 0. The standard InChI is InChI=1S/C16H17FN4O/c1-9(2)8-21(17)10-3-4-14-11(5-10)12-6-19-7-13(16(18)22)15(12)20-14/h3-7,9,20H,8H2,1-2H3,(H2,18,22). The number of pyridine rings is 1. The second-order valence-corrected chi connectivity index (χ2v) is 5.77. The first-order valence-corrected chi connectivity index (χ1v) is 7.10. The number of fused-ring (bicyclic) bond motifs is 3. The summed E-state index contributed by atoms with van der Waals surface area (Å²) < 4.78 is 14.2. The Morgan fingerprint density at radius 2 is 2.14 bits per heavy atom. The number of rotatable bonds is 4. The van der Waals surface area contributed by atoms with Crippen LogP contribution >= 0.6 is 0 Å². The molecular formula is C16H17FN4O. The number of carbonyl (C=O) groups excluding carboxylic acids is 1. The molecule has 3 rings (SSSR count). The van der Waals surface area contributed by atoms with E-state index >= 15 is 0 Å². The van der Waals surface area contributed by atoms with Crippen molar-refractivity contribution >= 4 is 33.4 Å². The first-order valence-electron chi connectivity index (χ1n) is 7.10. The summed E-state index contributed by atoms with van der Waals surface area (Å²) in [6.45, 7) is 4.23. The minimum absolute atomic E-state index is 0.215. The van der Waals surface area contributed by atoms with E-state index in [2.05, 4.69) is 9.97 Å². The predicted molar refractivity (Wildman–Crippen MR) is 85.4 cm³/mol. The molecule has 3 aromatic rings. The Hall–Kier alpha value is -2.63. The molecule has 22 heavy (non-hydrogen) atoms. The van der Waals surface area contributed by atoms with E-state index < -0.39 is 5.91 Å². The fourth-order valence-electron chi connectivity index (χ4n) is 2.56. The van der Waals surface area contributed by atoms with Gasteiger partial charge in [0.1, 0.15) is 0 Å². The van der Waals surface area contributed by atoms with Gasteiger partial charge >= 0.3 is 0 Å². The Bertz CT molecular complexity index is 856. The second kappa shape index (κ2) is 5.29. The molecule has 0 aliphatic heterocycles. The smallest absolute Gasteiger partial charge is 0.252 e. The predicted octanol–water partition coefficient (Wildman–Crippen LogP) is 3.16. The van der Waals surface area contributed by atoms with E-state index in [1.54, 1.807) is 24.4 Å². The van der Waals surface area contributed by atoms with Gasteiger partial charge in [-0.2, -0.15) is 0 Å². The molecule has 0 bridgehead atoms. The van der Waals surface area contributed by atoms with E-state index in [1.807, 2.05) is 13.8 Å². The van der Waals surface area contributed by atoms with Crippen LogP contribution in [0.5, 0.6) is 0 Å². The van der Waals surface area contributed by atoms with E-state index in [9.17, 15) is 9.28 Å². The van der Waals surface area contributed by atoms with Crippen molar-refractivity contribution in [2.24, 2.45) is 11.7 Å². The number of H-pyrrole nitrogens is 1. The summed E-state index contributed by atoms with van der Waals surface area (Å²) in [5.74, 6) is -0.330. The van der Waals surface area contributed by atoms with Crippen molar-refractivity contribution in [3.63, 3.8) is 0 Å².